The van der Waals surface area contributed by atoms with E-state index in [1.165, 1.54) is 6.07 Å². The van der Waals surface area contributed by atoms with Crippen LogP contribution in [0.3, 0.4) is 0 Å². The minimum atomic E-state index is -0.436. The molecular weight excluding hydrogens is 321 g/mol. The maximum atomic E-state index is 14.4. The zero-order chi connectivity index (χ0) is 17.6. The molecule has 0 radical (unpaired) electrons. The van der Waals surface area contributed by atoms with Gasteiger partial charge in [0, 0.05) is 35.7 Å². The summed E-state index contributed by atoms with van der Waals surface area (Å²) < 4.78 is 14.4. The summed E-state index contributed by atoms with van der Waals surface area (Å²) in [4.78, 5) is 25.8. The number of benzene rings is 2. The molecule has 0 atom stereocenters. The summed E-state index contributed by atoms with van der Waals surface area (Å²) in [6.45, 7) is 0.706. The van der Waals surface area contributed by atoms with Crippen LogP contribution in [0.5, 0.6) is 0 Å². The molecule has 0 unspecified atom stereocenters. The summed E-state index contributed by atoms with van der Waals surface area (Å²) in [5.41, 5.74) is 2.00. The van der Waals surface area contributed by atoms with E-state index >= 15 is 0 Å². The minimum absolute atomic E-state index is 0.0168. The van der Waals surface area contributed by atoms with Gasteiger partial charge in [0.05, 0.1) is 6.10 Å². The number of carbonyl (C=O) groups excluding carboxylic acids is 2. The molecule has 5 heteroatoms. The Balaban J connectivity index is 1.53. The van der Waals surface area contributed by atoms with Gasteiger partial charge in [0.2, 0.25) is 0 Å². The number of Topliss-reactive ketones (excluding diaryl/α,β-unsaturated/α-hetero) is 1. The van der Waals surface area contributed by atoms with E-state index in [1.807, 2.05) is 0 Å². The van der Waals surface area contributed by atoms with Gasteiger partial charge in [-0.25, -0.2) is 4.39 Å². The molecule has 2 aliphatic rings. The van der Waals surface area contributed by atoms with Crippen LogP contribution in [0.15, 0.2) is 42.5 Å². The van der Waals surface area contributed by atoms with Crippen molar-refractivity contribution in [2.75, 3.05) is 13.1 Å². The Morgan fingerprint density at radius 3 is 2.20 bits per heavy atom. The standard InChI is InChI=1S/C20H18FNO3/c21-18-9-15(19(24)13-3-4-13)7-8-17(18)12-1-5-14(6-2-12)20(25)22-10-16(23)11-22/h1-2,5-9,13,16,23H,3-4,10-11H2. The number of halogens is 1. The molecule has 2 aromatic rings. The average Bonchev–Trinajstić information content (AvgIpc) is 3.43. The maximum absolute atomic E-state index is 14.4. The first-order valence-electron chi connectivity index (χ1n) is 8.44. The van der Waals surface area contributed by atoms with Crippen LogP contribution in [-0.2, 0) is 0 Å². The van der Waals surface area contributed by atoms with Crippen LogP contribution in [0.2, 0.25) is 0 Å². The number of β-amino-alcohol motifs (C(OH)–C–C–N with tert-alkyl or cyclic N) is 1. The molecule has 1 amide bonds. The number of hydrogen-bond donors (Lipinski definition) is 1. The van der Waals surface area contributed by atoms with Gasteiger partial charge in [-0.1, -0.05) is 24.3 Å². The quantitative estimate of drug-likeness (QED) is 0.872. The number of carbonyl (C=O) groups is 2. The first-order chi connectivity index (χ1) is 12.0. The van der Waals surface area contributed by atoms with E-state index < -0.39 is 11.9 Å². The Hall–Kier alpha value is -2.53. The van der Waals surface area contributed by atoms with Crippen LogP contribution in [0, 0.1) is 11.7 Å². The Bertz CT molecular complexity index is 837. The van der Waals surface area contributed by atoms with Crippen molar-refractivity contribution < 1.29 is 19.1 Å². The van der Waals surface area contributed by atoms with Gasteiger partial charge in [0.1, 0.15) is 5.82 Å². The fraction of sp³-hybridized carbons (Fsp3) is 0.300. The molecule has 1 saturated carbocycles. The fourth-order valence-corrected chi connectivity index (χ4v) is 3.08. The summed E-state index contributed by atoms with van der Waals surface area (Å²) in [5.74, 6) is -0.488. The Kier molecular flexibility index (Phi) is 3.88. The van der Waals surface area contributed by atoms with Crippen molar-refractivity contribution in [3.63, 3.8) is 0 Å². The number of amides is 1. The first-order valence-corrected chi connectivity index (χ1v) is 8.44. The molecule has 1 aliphatic carbocycles. The number of rotatable bonds is 4. The topological polar surface area (TPSA) is 57.6 Å². The summed E-state index contributed by atoms with van der Waals surface area (Å²) >= 11 is 0. The zero-order valence-electron chi connectivity index (χ0n) is 13.6. The van der Waals surface area contributed by atoms with E-state index in [9.17, 15) is 19.1 Å². The predicted molar refractivity (Wildman–Crippen MR) is 90.8 cm³/mol. The molecule has 25 heavy (non-hydrogen) atoms. The molecule has 1 heterocycles. The second-order valence-electron chi connectivity index (χ2n) is 6.77. The molecule has 4 rings (SSSR count). The largest absolute Gasteiger partial charge is 0.389 e. The van der Waals surface area contributed by atoms with Gasteiger partial charge in [-0.15, -0.1) is 0 Å². The van der Waals surface area contributed by atoms with Crippen LogP contribution >= 0.6 is 0 Å². The Labute approximate surface area is 144 Å². The van der Waals surface area contributed by atoms with Gasteiger partial charge in [-0.3, -0.25) is 9.59 Å². The molecular formula is C20H18FNO3. The van der Waals surface area contributed by atoms with Crippen molar-refractivity contribution in [3.05, 3.63) is 59.4 Å². The number of likely N-dealkylation sites (tertiary alicyclic amines) is 1. The van der Waals surface area contributed by atoms with Gasteiger partial charge >= 0.3 is 0 Å². The molecule has 2 fully saturated rings. The second-order valence-corrected chi connectivity index (χ2v) is 6.77. The molecule has 4 nitrogen and oxygen atoms in total. The number of nitrogens with zero attached hydrogens (tertiary/aromatic N) is 1. The van der Waals surface area contributed by atoms with Gasteiger partial charge < -0.3 is 10.0 Å². The van der Waals surface area contributed by atoms with Crippen LogP contribution in [0.25, 0.3) is 11.1 Å². The molecule has 128 valence electrons. The van der Waals surface area contributed by atoms with E-state index in [0.29, 0.717) is 35.3 Å². The second kappa shape index (κ2) is 6.08. The van der Waals surface area contributed by atoms with Crippen molar-refractivity contribution in [1.29, 1.82) is 0 Å². The number of hydrogen-bond acceptors (Lipinski definition) is 3. The van der Waals surface area contributed by atoms with Crippen LogP contribution in [-0.4, -0.2) is 40.9 Å². The molecule has 0 aromatic heterocycles. The minimum Gasteiger partial charge on any atom is -0.389 e. The highest BCUT2D eigenvalue weighted by atomic mass is 19.1. The number of aliphatic hydroxyl groups excluding tert-OH is 1. The Morgan fingerprint density at radius 1 is 1.00 bits per heavy atom. The zero-order valence-corrected chi connectivity index (χ0v) is 13.6. The molecule has 1 N–H and O–H groups in total. The molecule has 1 aliphatic heterocycles. The van der Waals surface area contributed by atoms with Crippen molar-refractivity contribution in [3.8, 4) is 11.1 Å². The van der Waals surface area contributed by atoms with Crippen molar-refractivity contribution >= 4 is 11.7 Å². The van der Waals surface area contributed by atoms with Crippen LogP contribution < -0.4 is 0 Å². The van der Waals surface area contributed by atoms with Gasteiger partial charge in [0.15, 0.2) is 5.78 Å². The summed E-state index contributed by atoms with van der Waals surface area (Å²) in [6, 6.07) is 11.3. The SMILES string of the molecule is O=C(c1ccc(-c2ccc(C(=O)N3CC(O)C3)cc2)c(F)c1)C1CC1. The van der Waals surface area contributed by atoms with Crippen LogP contribution in [0.4, 0.5) is 4.39 Å². The van der Waals surface area contributed by atoms with E-state index in [2.05, 4.69) is 0 Å². The normalized spacial score (nSPS) is 17.3. The lowest BCUT2D eigenvalue weighted by Crippen LogP contribution is -2.53. The highest BCUT2D eigenvalue weighted by Gasteiger charge is 2.31. The third-order valence-electron chi connectivity index (χ3n) is 4.79. The summed E-state index contributed by atoms with van der Waals surface area (Å²) in [6.07, 6.45) is 1.35. The van der Waals surface area contributed by atoms with Crippen molar-refractivity contribution in [2.45, 2.75) is 18.9 Å². The van der Waals surface area contributed by atoms with E-state index in [0.717, 1.165) is 12.8 Å². The smallest absolute Gasteiger partial charge is 0.254 e. The number of ketones is 1. The predicted octanol–water partition coefficient (Wildman–Crippen LogP) is 2.90. The highest BCUT2D eigenvalue weighted by molar-refractivity contribution is 5.99. The van der Waals surface area contributed by atoms with Gasteiger partial charge in [-0.2, -0.15) is 0 Å². The molecule has 0 spiro atoms. The molecule has 2 aromatic carbocycles. The van der Waals surface area contributed by atoms with E-state index in [4.69, 9.17) is 0 Å². The molecule has 1 saturated heterocycles. The fourth-order valence-electron chi connectivity index (χ4n) is 3.08. The number of aliphatic hydroxyl groups is 1. The lowest BCUT2D eigenvalue weighted by atomic mass is 9.99. The Morgan fingerprint density at radius 2 is 1.64 bits per heavy atom. The summed E-state index contributed by atoms with van der Waals surface area (Å²) in [5, 5.41) is 9.28. The van der Waals surface area contributed by atoms with Gasteiger partial charge in [-0.05, 0) is 36.6 Å². The maximum Gasteiger partial charge on any atom is 0.254 e. The van der Waals surface area contributed by atoms with Crippen molar-refractivity contribution in [2.24, 2.45) is 5.92 Å². The average molecular weight is 339 g/mol. The lowest BCUT2D eigenvalue weighted by Gasteiger charge is -2.35. The monoisotopic (exact) mass is 339 g/mol. The highest BCUT2D eigenvalue weighted by Crippen LogP contribution is 2.33. The third-order valence-corrected chi connectivity index (χ3v) is 4.79. The first kappa shape index (κ1) is 16.0. The van der Waals surface area contributed by atoms with Gasteiger partial charge in [0.25, 0.3) is 5.91 Å². The third kappa shape index (κ3) is 3.07. The van der Waals surface area contributed by atoms with E-state index in [1.54, 1.807) is 41.3 Å². The van der Waals surface area contributed by atoms with Crippen LogP contribution in [0.1, 0.15) is 33.6 Å². The van der Waals surface area contributed by atoms with Crippen molar-refractivity contribution in [1.82, 2.24) is 4.90 Å². The lowest BCUT2D eigenvalue weighted by molar-refractivity contribution is 0.00589. The molecule has 0 bridgehead atoms. The van der Waals surface area contributed by atoms with E-state index in [-0.39, 0.29) is 17.6 Å². The summed E-state index contributed by atoms with van der Waals surface area (Å²) in [7, 11) is 0.